The molecule has 100 valence electrons. The first kappa shape index (κ1) is 12.4. The van der Waals surface area contributed by atoms with Crippen LogP contribution in [0, 0.1) is 0 Å². The Labute approximate surface area is 117 Å². The number of hydrogen-bond donors (Lipinski definition) is 3. The van der Waals surface area contributed by atoms with Crippen molar-refractivity contribution in [2.75, 3.05) is 11.9 Å². The number of carboxylic acids is 1. The van der Waals surface area contributed by atoms with E-state index in [1.165, 1.54) is 0 Å². The number of fused-ring (bicyclic) bond motifs is 1. The number of nitrogens with one attached hydrogen (secondary N) is 2. The molecule has 2 aliphatic rings. The highest BCUT2D eigenvalue weighted by atomic mass is 79.9. The molecule has 2 aliphatic heterocycles. The van der Waals surface area contributed by atoms with Crippen LogP contribution in [0.1, 0.15) is 6.42 Å². The average molecular weight is 327 g/mol. The molecule has 1 aromatic carbocycles. The lowest BCUT2D eigenvalue weighted by Crippen LogP contribution is -2.52. The van der Waals surface area contributed by atoms with Gasteiger partial charge in [-0.3, -0.25) is 14.9 Å². The monoisotopic (exact) mass is 326 g/mol. The molecule has 6 nitrogen and oxygen atoms in total. The van der Waals surface area contributed by atoms with Crippen LogP contribution in [-0.4, -0.2) is 35.2 Å². The first-order chi connectivity index (χ1) is 9.00. The second-order valence-electron chi connectivity index (χ2n) is 4.67. The van der Waals surface area contributed by atoms with Crippen molar-refractivity contribution in [3.8, 4) is 5.75 Å². The fourth-order valence-corrected chi connectivity index (χ4v) is 2.70. The topological polar surface area (TPSA) is 87.7 Å². The van der Waals surface area contributed by atoms with Crippen LogP contribution in [-0.2, 0) is 9.59 Å². The SMILES string of the molecule is O=C(O)[C@@H]1C[C@]2(CN1)Oc1cc(Br)ccc1NC2=O. The molecule has 0 saturated carbocycles. The van der Waals surface area contributed by atoms with Gasteiger partial charge in [0.05, 0.1) is 5.69 Å². The first-order valence-electron chi connectivity index (χ1n) is 5.76. The van der Waals surface area contributed by atoms with Crippen LogP contribution in [0.25, 0.3) is 0 Å². The molecule has 0 aromatic heterocycles. The van der Waals surface area contributed by atoms with Gasteiger partial charge in [-0.1, -0.05) is 15.9 Å². The second kappa shape index (κ2) is 4.21. The standard InChI is InChI=1S/C12H11BrN2O4/c13-6-1-2-7-9(3-6)19-12(11(18)15-7)4-8(10(16)17)14-5-12/h1-3,8,14H,4-5H2,(H,15,18)(H,16,17)/t8-,12+/m0/s1. The molecule has 0 bridgehead atoms. The van der Waals surface area contributed by atoms with Crippen molar-refractivity contribution in [3.05, 3.63) is 22.7 Å². The highest BCUT2D eigenvalue weighted by Crippen LogP contribution is 2.38. The summed E-state index contributed by atoms with van der Waals surface area (Å²) in [7, 11) is 0. The Kier molecular flexibility index (Phi) is 2.75. The van der Waals surface area contributed by atoms with E-state index in [2.05, 4.69) is 26.6 Å². The van der Waals surface area contributed by atoms with Crippen LogP contribution >= 0.6 is 15.9 Å². The fourth-order valence-electron chi connectivity index (χ4n) is 2.36. The lowest BCUT2D eigenvalue weighted by Gasteiger charge is -2.33. The van der Waals surface area contributed by atoms with Crippen molar-refractivity contribution < 1.29 is 19.4 Å². The third kappa shape index (κ3) is 1.98. The summed E-state index contributed by atoms with van der Waals surface area (Å²) < 4.78 is 6.62. The minimum Gasteiger partial charge on any atom is -0.480 e. The summed E-state index contributed by atoms with van der Waals surface area (Å²) in [6.45, 7) is 0.182. The third-order valence-corrected chi connectivity index (χ3v) is 3.87. The zero-order valence-electron chi connectivity index (χ0n) is 9.77. The van der Waals surface area contributed by atoms with E-state index in [9.17, 15) is 9.59 Å². The van der Waals surface area contributed by atoms with E-state index in [0.29, 0.717) is 11.4 Å². The molecule has 1 fully saturated rings. The Morgan fingerprint density at radius 2 is 2.32 bits per heavy atom. The number of carboxylic acid groups (broad SMARTS) is 1. The average Bonchev–Trinajstić information content (AvgIpc) is 2.77. The van der Waals surface area contributed by atoms with E-state index in [0.717, 1.165) is 4.47 Å². The van der Waals surface area contributed by atoms with Gasteiger partial charge in [0, 0.05) is 17.4 Å². The van der Waals surface area contributed by atoms with Gasteiger partial charge < -0.3 is 15.2 Å². The molecule has 3 rings (SSSR count). The van der Waals surface area contributed by atoms with Crippen LogP contribution in [0.5, 0.6) is 5.75 Å². The molecule has 1 aromatic rings. The summed E-state index contributed by atoms with van der Waals surface area (Å²) in [6.07, 6.45) is 0.111. The van der Waals surface area contributed by atoms with E-state index in [1.54, 1.807) is 18.2 Å². The third-order valence-electron chi connectivity index (χ3n) is 3.38. The molecule has 2 heterocycles. The van der Waals surface area contributed by atoms with Gasteiger partial charge in [-0.15, -0.1) is 0 Å². The maximum atomic E-state index is 12.2. The van der Waals surface area contributed by atoms with Crippen molar-refractivity contribution in [1.82, 2.24) is 5.32 Å². The van der Waals surface area contributed by atoms with E-state index in [-0.39, 0.29) is 18.9 Å². The quantitative estimate of drug-likeness (QED) is 0.715. The maximum absolute atomic E-state index is 12.2. The van der Waals surface area contributed by atoms with Crippen molar-refractivity contribution in [3.63, 3.8) is 0 Å². The van der Waals surface area contributed by atoms with Gasteiger partial charge >= 0.3 is 5.97 Å². The van der Waals surface area contributed by atoms with Crippen molar-refractivity contribution in [1.29, 1.82) is 0 Å². The lowest BCUT2D eigenvalue weighted by atomic mass is 9.96. The summed E-state index contributed by atoms with van der Waals surface area (Å²) in [5.74, 6) is -0.742. The molecule has 1 spiro atoms. The number of hydrogen-bond acceptors (Lipinski definition) is 4. The minimum absolute atomic E-state index is 0.111. The van der Waals surface area contributed by atoms with Gasteiger partial charge in [0.2, 0.25) is 5.60 Å². The molecule has 0 radical (unpaired) electrons. The van der Waals surface area contributed by atoms with E-state index in [1.807, 2.05) is 0 Å². The van der Waals surface area contributed by atoms with Gasteiger partial charge in [0.25, 0.3) is 5.91 Å². The summed E-state index contributed by atoms with van der Waals surface area (Å²) in [6, 6.07) is 4.53. The van der Waals surface area contributed by atoms with E-state index >= 15 is 0 Å². The number of carbonyl (C=O) groups excluding carboxylic acids is 1. The number of carbonyl (C=O) groups is 2. The molecule has 1 amide bonds. The number of ether oxygens (including phenoxy) is 1. The number of amides is 1. The molecule has 19 heavy (non-hydrogen) atoms. The molecule has 0 aliphatic carbocycles. The van der Waals surface area contributed by atoms with E-state index in [4.69, 9.17) is 9.84 Å². The summed E-state index contributed by atoms with van der Waals surface area (Å²) in [4.78, 5) is 23.1. The predicted octanol–water partition coefficient (Wildman–Crippen LogP) is 0.965. The predicted molar refractivity (Wildman–Crippen MR) is 70.2 cm³/mol. The van der Waals surface area contributed by atoms with Gasteiger partial charge in [-0.05, 0) is 18.2 Å². The molecular formula is C12H11BrN2O4. The Hall–Kier alpha value is -1.60. The summed E-state index contributed by atoms with van der Waals surface area (Å²) in [5, 5.41) is 14.6. The number of rotatable bonds is 1. The Bertz CT molecular complexity index is 577. The molecule has 2 atom stereocenters. The highest BCUT2D eigenvalue weighted by Gasteiger charge is 2.52. The Balaban J connectivity index is 1.93. The smallest absolute Gasteiger partial charge is 0.320 e. The van der Waals surface area contributed by atoms with Gasteiger partial charge in [-0.2, -0.15) is 0 Å². The van der Waals surface area contributed by atoms with Crippen molar-refractivity contribution in [2.24, 2.45) is 0 Å². The fraction of sp³-hybridized carbons (Fsp3) is 0.333. The Morgan fingerprint density at radius 3 is 3.00 bits per heavy atom. The van der Waals surface area contributed by atoms with Crippen molar-refractivity contribution >= 4 is 33.5 Å². The maximum Gasteiger partial charge on any atom is 0.320 e. The zero-order chi connectivity index (χ0) is 13.6. The molecule has 1 saturated heterocycles. The zero-order valence-corrected chi connectivity index (χ0v) is 11.4. The number of anilines is 1. The summed E-state index contributed by atoms with van der Waals surface area (Å²) in [5.41, 5.74) is -0.547. The second-order valence-corrected chi connectivity index (χ2v) is 5.58. The number of benzene rings is 1. The first-order valence-corrected chi connectivity index (χ1v) is 6.56. The van der Waals surface area contributed by atoms with Crippen LogP contribution in [0.2, 0.25) is 0 Å². The number of aliphatic carboxylic acids is 1. The normalized spacial score (nSPS) is 28.7. The Morgan fingerprint density at radius 1 is 1.53 bits per heavy atom. The van der Waals surface area contributed by atoms with Crippen LogP contribution in [0.4, 0.5) is 5.69 Å². The molecule has 3 N–H and O–H groups in total. The number of halogens is 1. The van der Waals surface area contributed by atoms with Crippen LogP contribution in [0.3, 0.4) is 0 Å². The van der Waals surface area contributed by atoms with Crippen molar-refractivity contribution in [2.45, 2.75) is 18.1 Å². The van der Waals surface area contributed by atoms with E-state index < -0.39 is 17.6 Å². The van der Waals surface area contributed by atoms with Gasteiger partial charge in [-0.25, -0.2) is 0 Å². The lowest BCUT2D eigenvalue weighted by molar-refractivity contribution is -0.139. The largest absolute Gasteiger partial charge is 0.480 e. The molecular weight excluding hydrogens is 316 g/mol. The highest BCUT2D eigenvalue weighted by molar-refractivity contribution is 9.10. The minimum atomic E-state index is -1.14. The summed E-state index contributed by atoms with van der Waals surface area (Å²) >= 11 is 3.34. The molecule has 0 unspecified atom stereocenters. The van der Waals surface area contributed by atoms with Crippen LogP contribution < -0.4 is 15.4 Å². The van der Waals surface area contributed by atoms with Crippen LogP contribution in [0.15, 0.2) is 22.7 Å². The van der Waals surface area contributed by atoms with Gasteiger partial charge in [0.1, 0.15) is 11.8 Å². The molecule has 7 heteroatoms. The van der Waals surface area contributed by atoms with Gasteiger partial charge in [0.15, 0.2) is 0 Å².